The van der Waals surface area contributed by atoms with E-state index < -0.39 is 17.7 Å². The molecule has 168 valence electrons. The molecule has 0 saturated carbocycles. The summed E-state index contributed by atoms with van der Waals surface area (Å²) in [6.45, 7) is 3.99. The van der Waals surface area contributed by atoms with Crippen molar-refractivity contribution in [1.29, 1.82) is 0 Å². The van der Waals surface area contributed by atoms with Crippen LogP contribution in [0.5, 0.6) is 0 Å². The Morgan fingerprint density at radius 1 is 1.12 bits per heavy atom. The van der Waals surface area contributed by atoms with Crippen molar-refractivity contribution in [2.24, 2.45) is 0 Å². The molecule has 0 radical (unpaired) electrons. The third-order valence-corrected chi connectivity index (χ3v) is 5.67. The molecule has 2 aliphatic heterocycles. The number of carbonyl (C=O) groups is 3. The van der Waals surface area contributed by atoms with Gasteiger partial charge in [-0.05, 0) is 56.5 Å². The fourth-order valence-electron chi connectivity index (χ4n) is 4.17. The number of halogens is 2. The highest BCUT2D eigenvalue weighted by molar-refractivity contribution is 6.10. The number of hydrogen-bond acceptors (Lipinski definition) is 3. The lowest BCUT2D eigenvalue weighted by atomic mass is 9.96. The van der Waals surface area contributed by atoms with Crippen molar-refractivity contribution in [2.45, 2.75) is 44.8 Å². The van der Waals surface area contributed by atoms with Crippen LogP contribution < -0.4 is 16.0 Å². The van der Waals surface area contributed by atoms with Crippen LogP contribution in [0, 0.1) is 11.6 Å². The summed E-state index contributed by atoms with van der Waals surface area (Å²) in [7, 11) is 0. The van der Waals surface area contributed by atoms with Crippen molar-refractivity contribution in [1.82, 2.24) is 15.5 Å². The Bertz CT molecular complexity index is 1090. The Morgan fingerprint density at radius 2 is 1.91 bits per heavy atom. The molecule has 7 nitrogen and oxygen atoms in total. The lowest BCUT2D eigenvalue weighted by Crippen LogP contribution is -2.56. The van der Waals surface area contributed by atoms with E-state index in [1.807, 2.05) is 13.8 Å². The summed E-state index contributed by atoms with van der Waals surface area (Å²) in [5.41, 5.74) is 1.14. The Labute approximate surface area is 184 Å². The van der Waals surface area contributed by atoms with Gasteiger partial charge in [0.25, 0.3) is 5.91 Å². The Morgan fingerprint density at radius 3 is 2.62 bits per heavy atom. The van der Waals surface area contributed by atoms with Gasteiger partial charge in [0, 0.05) is 30.3 Å². The molecule has 3 N–H and O–H groups in total. The zero-order valence-electron chi connectivity index (χ0n) is 17.7. The molecular formula is C23H24F2N4O3. The van der Waals surface area contributed by atoms with Crippen molar-refractivity contribution in [3.63, 3.8) is 0 Å². The number of amides is 4. The first kappa shape index (κ1) is 21.7. The third kappa shape index (κ3) is 4.28. The largest absolute Gasteiger partial charge is 0.336 e. The maximum atomic E-state index is 14.3. The number of piperidine rings is 1. The van der Waals surface area contributed by atoms with Crippen LogP contribution in [0.25, 0.3) is 11.1 Å². The van der Waals surface area contributed by atoms with E-state index in [1.165, 1.54) is 17.0 Å². The summed E-state index contributed by atoms with van der Waals surface area (Å²) in [5.74, 6) is -2.11. The molecule has 1 saturated heterocycles. The number of anilines is 1. The number of nitrogens with zero attached hydrogens (tertiary/aromatic N) is 1. The monoisotopic (exact) mass is 442 g/mol. The minimum atomic E-state index is -0.737. The zero-order valence-corrected chi connectivity index (χ0v) is 17.7. The van der Waals surface area contributed by atoms with E-state index in [1.54, 1.807) is 12.1 Å². The van der Waals surface area contributed by atoms with Gasteiger partial charge < -0.3 is 20.9 Å². The number of benzene rings is 2. The van der Waals surface area contributed by atoms with E-state index in [0.717, 1.165) is 12.1 Å². The minimum Gasteiger partial charge on any atom is -0.336 e. The highest BCUT2D eigenvalue weighted by Crippen LogP contribution is 2.32. The number of hydrogen-bond donors (Lipinski definition) is 3. The molecule has 4 amide bonds. The molecule has 2 aromatic carbocycles. The Balaban J connectivity index is 1.58. The van der Waals surface area contributed by atoms with Gasteiger partial charge in [0.1, 0.15) is 17.7 Å². The molecule has 1 fully saturated rings. The predicted molar refractivity (Wildman–Crippen MR) is 115 cm³/mol. The van der Waals surface area contributed by atoms with Gasteiger partial charge in [-0.25, -0.2) is 13.6 Å². The topological polar surface area (TPSA) is 90.5 Å². The maximum Gasteiger partial charge on any atom is 0.315 e. The second-order valence-electron chi connectivity index (χ2n) is 8.38. The van der Waals surface area contributed by atoms with Gasteiger partial charge in [-0.1, -0.05) is 6.07 Å². The summed E-state index contributed by atoms with van der Waals surface area (Å²) in [6, 6.07) is 6.57. The van der Waals surface area contributed by atoms with Crippen LogP contribution >= 0.6 is 0 Å². The lowest BCUT2D eigenvalue weighted by molar-refractivity contribution is -0.121. The van der Waals surface area contributed by atoms with Crippen LogP contribution in [0.3, 0.4) is 0 Å². The van der Waals surface area contributed by atoms with Crippen molar-refractivity contribution >= 4 is 23.5 Å². The van der Waals surface area contributed by atoms with E-state index in [-0.39, 0.29) is 54.0 Å². The second kappa shape index (κ2) is 8.57. The number of urea groups is 1. The number of fused-ring (bicyclic) bond motifs is 2. The van der Waals surface area contributed by atoms with E-state index in [9.17, 15) is 23.2 Å². The van der Waals surface area contributed by atoms with E-state index in [2.05, 4.69) is 16.0 Å². The number of nitrogens with one attached hydrogen (secondary N) is 3. The molecule has 0 spiro atoms. The van der Waals surface area contributed by atoms with Gasteiger partial charge in [-0.2, -0.15) is 0 Å². The number of carbonyl (C=O) groups excluding carboxylic acids is 3. The van der Waals surface area contributed by atoms with Crippen LogP contribution in [-0.2, 0) is 4.79 Å². The number of rotatable bonds is 3. The normalized spacial score (nSPS) is 20.2. The summed E-state index contributed by atoms with van der Waals surface area (Å²) in [4.78, 5) is 39.7. The fourth-order valence-corrected chi connectivity index (χ4v) is 4.17. The molecule has 4 rings (SSSR count). The predicted octanol–water partition coefficient (Wildman–Crippen LogP) is 3.26. The lowest BCUT2D eigenvalue weighted by Gasteiger charge is -2.37. The van der Waals surface area contributed by atoms with Crippen LogP contribution in [0.15, 0.2) is 36.4 Å². The maximum absolute atomic E-state index is 14.3. The SMILES string of the molecule is CC(C)NC(=O)N[C@@H]1CCN2C(=O)c3cc(-c4ccc(F)cc4F)ccc3NC(=O)[C@@H]2C1. The van der Waals surface area contributed by atoms with Crippen molar-refractivity contribution in [3.8, 4) is 11.1 Å². The van der Waals surface area contributed by atoms with Gasteiger partial charge in [0.15, 0.2) is 0 Å². The first-order valence-corrected chi connectivity index (χ1v) is 10.5. The average molecular weight is 442 g/mol. The molecule has 2 aromatic rings. The van der Waals surface area contributed by atoms with Gasteiger partial charge in [0.05, 0.1) is 11.3 Å². The standard InChI is InChI=1S/C23H24F2N4O3/c1-12(2)26-23(32)27-15-7-8-29-20(11-15)21(30)28-19-6-3-13(9-17(19)22(29)31)16-5-4-14(24)10-18(16)25/h3-6,9-10,12,15,20H,7-8,11H2,1-2H3,(H,28,30)(H2,26,27,32)/t15-,20+/m1/s1. The van der Waals surface area contributed by atoms with Crippen LogP contribution in [-0.4, -0.2) is 47.4 Å². The molecule has 0 bridgehead atoms. The van der Waals surface area contributed by atoms with E-state index in [0.29, 0.717) is 17.7 Å². The Hall–Kier alpha value is -3.49. The Kier molecular flexibility index (Phi) is 5.82. The molecule has 9 heteroatoms. The van der Waals surface area contributed by atoms with Gasteiger partial charge >= 0.3 is 6.03 Å². The highest BCUT2D eigenvalue weighted by atomic mass is 19.1. The summed E-state index contributed by atoms with van der Waals surface area (Å²) in [5, 5.41) is 8.39. The summed E-state index contributed by atoms with van der Waals surface area (Å²) >= 11 is 0. The smallest absolute Gasteiger partial charge is 0.315 e. The van der Waals surface area contributed by atoms with Gasteiger partial charge in [0.2, 0.25) is 5.91 Å². The molecule has 2 atom stereocenters. The van der Waals surface area contributed by atoms with Crippen molar-refractivity contribution < 1.29 is 23.2 Å². The zero-order chi connectivity index (χ0) is 23.0. The molecule has 2 aliphatic rings. The van der Waals surface area contributed by atoms with E-state index in [4.69, 9.17) is 0 Å². The first-order chi connectivity index (χ1) is 15.2. The quantitative estimate of drug-likeness (QED) is 0.682. The molecular weight excluding hydrogens is 418 g/mol. The minimum absolute atomic E-state index is 0.0208. The second-order valence-corrected chi connectivity index (χ2v) is 8.38. The van der Waals surface area contributed by atoms with E-state index >= 15 is 0 Å². The molecule has 2 heterocycles. The molecule has 0 aliphatic carbocycles. The first-order valence-electron chi connectivity index (χ1n) is 10.5. The average Bonchev–Trinajstić information content (AvgIpc) is 2.82. The summed E-state index contributed by atoms with van der Waals surface area (Å²) in [6.07, 6.45) is 0.791. The third-order valence-electron chi connectivity index (χ3n) is 5.67. The van der Waals surface area contributed by atoms with Crippen LogP contribution in [0.1, 0.15) is 37.0 Å². The van der Waals surface area contributed by atoms with Crippen LogP contribution in [0.4, 0.5) is 19.3 Å². The van der Waals surface area contributed by atoms with Crippen molar-refractivity contribution in [3.05, 3.63) is 53.6 Å². The van der Waals surface area contributed by atoms with Crippen LogP contribution in [0.2, 0.25) is 0 Å². The fraction of sp³-hybridized carbons (Fsp3) is 0.348. The van der Waals surface area contributed by atoms with Crippen molar-refractivity contribution in [2.75, 3.05) is 11.9 Å². The molecule has 0 aromatic heterocycles. The highest BCUT2D eigenvalue weighted by Gasteiger charge is 2.40. The van der Waals surface area contributed by atoms with Gasteiger partial charge in [-0.15, -0.1) is 0 Å². The molecule has 32 heavy (non-hydrogen) atoms. The summed E-state index contributed by atoms with van der Waals surface area (Å²) < 4.78 is 27.5. The molecule has 0 unspecified atom stereocenters. The van der Waals surface area contributed by atoms with Gasteiger partial charge in [-0.3, -0.25) is 9.59 Å².